The fourth-order valence-electron chi connectivity index (χ4n) is 1.90. The molecule has 0 bridgehead atoms. The van der Waals surface area contributed by atoms with E-state index in [2.05, 4.69) is 11.1 Å². The molecule has 3 nitrogen and oxygen atoms in total. The molecule has 0 spiro atoms. The smallest absolute Gasteiger partial charge is 0.135 e. The van der Waals surface area contributed by atoms with Crippen LogP contribution >= 0.6 is 11.3 Å². The number of allylic oxidation sites excluding steroid dienone is 1. The summed E-state index contributed by atoms with van der Waals surface area (Å²) >= 11 is 1.55. The van der Waals surface area contributed by atoms with Crippen molar-refractivity contribution in [2.24, 2.45) is 7.05 Å². The van der Waals surface area contributed by atoms with E-state index in [0.29, 0.717) is 5.57 Å². The molecule has 92 valence electrons. The zero-order chi connectivity index (χ0) is 13.2. The van der Waals surface area contributed by atoms with Crippen LogP contribution in [0.25, 0.3) is 21.9 Å². The fourth-order valence-corrected chi connectivity index (χ4v) is 2.83. The van der Waals surface area contributed by atoms with Crippen molar-refractivity contribution in [3.63, 3.8) is 0 Å². The van der Waals surface area contributed by atoms with Crippen LogP contribution in [0.15, 0.2) is 42.6 Å². The van der Waals surface area contributed by atoms with Gasteiger partial charge in [-0.25, -0.2) is 4.98 Å². The number of aryl methyl sites for hydroxylation is 1. The van der Waals surface area contributed by atoms with Crippen LogP contribution in [0.1, 0.15) is 10.7 Å². The van der Waals surface area contributed by atoms with E-state index in [4.69, 9.17) is 0 Å². The van der Waals surface area contributed by atoms with Gasteiger partial charge in [0.1, 0.15) is 11.1 Å². The Morgan fingerprint density at radius 3 is 2.84 bits per heavy atom. The lowest BCUT2D eigenvalue weighted by Crippen LogP contribution is -1.88. The Hall–Kier alpha value is -2.38. The minimum absolute atomic E-state index is 0.600. The van der Waals surface area contributed by atoms with Gasteiger partial charge in [-0.05, 0) is 30.3 Å². The van der Waals surface area contributed by atoms with Gasteiger partial charge in [0.05, 0.1) is 15.8 Å². The quantitative estimate of drug-likeness (QED) is 0.663. The standard InChI is InChI=1S/C15H11N3S/c1-18-8-4-5-12(18)9-11(10-16)15-17-13-6-2-3-7-14(13)19-15/h2-9H,1H3. The van der Waals surface area contributed by atoms with Crippen molar-refractivity contribution in [3.8, 4) is 6.07 Å². The third-order valence-corrected chi connectivity index (χ3v) is 3.99. The van der Waals surface area contributed by atoms with Crippen LogP contribution in [0.3, 0.4) is 0 Å². The third kappa shape index (κ3) is 2.16. The van der Waals surface area contributed by atoms with Gasteiger partial charge in [-0.1, -0.05) is 12.1 Å². The van der Waals surface area contributed by atoms with Crippen molar-refractivity contribution in [1.29, 1.82) is 5.26 Å². The Morgan fingerprint density at radius 2 is 2.16 bits per heavy atom. The molecular formula is C15H11N3S. The maximum Gasteiger partial charge on any atom is 0.135 e. The van der Waals surface area contributed by atoms with Gasteiger partial charge >= 0.3 is 0 Å². The first kappa shape index (κ1) is 11.7. The van der Waals surface area contributed by atoms with E-state index in [1.165, 1.54) is 0 Å². The van der Waals surface area contributed by atoms with Gasteiger partial charge in [0, 0.05) is 18.9 Å². The maximum atomic E-state index is 9.33. The van der Waals surface area contributed by atoms with E-state index in [1.807, 2.05) is 60.3 Å². The first-order valence-electron chi connectivity index (χ1n) is 5.87. The second-order valence-electron chi connectivity index (χ2n) is 4.20. The Kier molecular flexibility index (Phi) is 2.90. The van der Waals surface area contributed by atoms with Crippen LogP contribution in [-0.4, -0.2) is 9.55 Å². The molecule has 0 aliphatic heterocycles. The monoisotopic (exact) mass is 265 g/mol. The Bertz CT molecular complexity index is 769. The Labute approximate surface area is 115 Å². The van der Waals surface area contributed by atoms with E-state index < -0.39 is 0 Å². The largest absolute Gasteiger partial charge is 0.351 e. The average molecular weight is 265 g/mol. The normalized spacial score (nSPS) is 11.7. The first-order valence-corrected chi connectivity index (χ1v) is 6.68. The lowest BCUT2D eigenvalue weighted by Gasteiger charge is -1.97. The summed E-state index contributed by atoms with van der Waals surface area (Å²) in [7, 11) is 1.96. The highest BCUT2D eigenvalue weighted by Gasteiger charge is 2.08. The molecule has 0 fully saturated rings. The summed E-state index contributed by atoms with van der Waals surface area (Å²) in [5, 5.41) is 10.1. The number of hydrogen-bond acceptors (Lipinski definition) is 3. The zero-order valence-electron chi connectivity index (χ0n) is 10.4. The van der Waals surface area contributed by atoms with E-state index in [1.54, 1.807) is 11.3 Å². The molecule has 1 aromatic carbocycles. The average Bonchev–Trinajstić information content (AvgIpc) is 3.02. The molecule has 3 rings (SSSR count). The van der Waals surface area contributed by atoms with Crippen molar-refractivity contribution in [1.82, 2.24) is 9.55 Å². The van der Waals surface area contributed by atoms with Crippen molar-refractivity contribution in [2.45, 2.75) is 0 Å². The summed E-state index contributed by atoms with van der Waals surface area (Å²) in [5.74, 6) is 0. The number of nitrogens with zero attached hydrogens (tertiary/aromatic N) is 3. The number of nitriles is 1. The van der Waals surface area contributed by atoms with Crippen LogP contribution < -0.4 is 0 Å². The highest BCUT2D eigenvalue weighted by Crippen LogP contribution is 2.27. The molecule has 0 saturated carbocycles. The Morgan fingerprint density at radius 1 is 1.32 bits per heavy atom. The topological polar surface area (TPSA) is 41.6 Å². The van der Waals surface area contributed by atoms with E-state index in [-0.39, 0.29) is 0 Å². The van der Waals surface area contributed by atoms with Crippen LogP contribution in [0.2, 0.25) is 0 Å². The first-order chi connectivity index (χ1) is 9.28. The zero-order valence-corrected chi connectivity index (χ0v) is 11.2. The summed E-state index contributed by atoms with van der Waals surface area (Å²) in [6, 6.07) is 14.1. The lowest BCUT2D eigenvalue weighted by molar-refractivity contribution is 0.915. The molecule has 4 heteroatoms. The number of fused-ring (bicyclic) bond motifs is 1. The predicted molar refractivity (Wildman–Crippen MR) is 78.5 cm³/mol. The molecule has 0 aliphatic carbocycles. The second kappa shape index (κ2) is 4.71. The molecule has 2 heterocycles. The second-order valence-corrected chi connectivity index (χ2v) is 5.23. The molecule has 0 aliphatic rings. The van der Waals surface area contributed by atoms with Crippen molar-refractivity contribution < 1.29 is 0 Å². The summed E-state index contributed by atoms with van der Waals surface area (Å²) in [6.07, 6.45) is 3.83. The molecule has 0 atom stereocenters. The van der Waals surface area contributed by atoms with Gasteiger partial charge in [0.2, 0.25) is 0 Å². The number of benzene rings is 1. The SMILES string of the molecule is Cn1cccc1C=C(C#N)c1nc2ccccc2s1. The molecule has 0 unspecified atom stereocenters. The van der Waals surface area contributed by atoms with Crippen molar-refractivity contribution in [2.75, 3.05) is 0 Å². The number of thiazole rings is 1. The maximum absolute atomic E-state index is 9.33. The summed E-state index contributed by atoms with van der Waals surface area (Å²) < 4.78 is 3.08. The minimum atomic E-state index is 0.600. The van der Waals surface area contributed by atoms with Crippen LogP contribution in [0.4, 0.5) is 0 Å². The fraction of sp³-hybridized carbons (Fsp3) is 0.0667. The van der Waals surface area contributed by atoms with E-state index >= 15 is 0 Å². The minimum Gasteiger partial charge on any atom is -0.351 e. The van der Waals surface area contributed by atoms with E-state index in [9.17, 15) is 5.26 Å². The molecule has 0 radical (unpaired) electrons. The third-order valence-electron chi connectivity index (χ3n) is 2.92. The molecule has 2 aromatic heterocycles. The molecule has 0 N–H and O–H groups in total. The summed E-state index contributed by atoms with van der Waals surface area (Å²) in [4.78, 5) is 4.51. The van der Waals surface area contributed by atoms with Crippen LogP contribution in [0, 0.1) is 11.3 Å². The van der Waals surface area contributed by atoms with Gasteiger partial charge in [0.15, 0.2) is 0 Å². The van der Waals surface area contributed by atoms with Crippen molar-refractivity contribution >= 4 is 33.2 Å². The number of para-hydroxylation sites is 1. The molecule has 3 aromatic rings. The van der Waals surface area contributed by atoms with Gasteiger partial charge < -0.3 is 4.57 Å². The highest BCUT2D eigenvalue weighted by atomic mass is 32.1. The number of rotatable bonds is 2. The molecule has 0 amide bonds. The van der Waals surface area contributed by atoms with Gasteiger partial charge in [-0.3, -0.25) is 0 Å². The van der Waals surface area contributed by atoms with Crippen LogP contribution in [0.5, 0.6) is 0 Å². The summed E-state index contributed by atoms with van der Waals surface area (Å²) in [6.45, 7) is 0. The van der Waals surface area contributed by atoms with Gasteiger partial charge in [0.25, 0.3) is 0 Å². The molecular weight excluding hydrogens is 254 g/mol. The lowest BCUT2D eigenvalue weighted by atomic mass is 10.2. The predicted octanol–water partition coefficient (Wildman–Crippen LogP) is 3.70. The van der Waals surface area contributed by atoms with E-state index in [0.717, 1.165) is 20.9 Å². The van der Waals surface area contributed by atoms with Gasteiger partial charge in [-0.2, -0.15) is 5.26 Å². The molecule has 0 saturated heterocycles. The Balaban J connectivity index is 2.10. The van der Waals surface area contributed by atoms with Gasteiger partial charge in [-0.15, -0.1) is 11.3 Å². The number of aromatic nitrogens is 2. The highest BCUT2D eigenvalue weighted by molar-refractivity contribution is 7.19. The summed E-state index contributed by atoms with van der Waals surface area (Å²) in [5.41, 5.74) is 2.54. The van der Waals surface area contributed by atoms with Crippen molar-refractivity contribution in [3.05, 3.63) is 53.3 Å². The number of hydrogen-bond donors (Lipinski definition) is 0. The van der Waals surface area contributed by atoms with Crippen LogP contribution in [-0.2, 0) is 7.05 Å². The molecule has 19 heavy (non-hydrogen) atoms.